The summed E-state index contributed by atoms with van der Waals surface area (Å²) in [5, 5.41) is 0.828. The van der Waals surface area contributed by atoms with Gasteiger partial charge < -0.3 is 10.6 Å². The second kappa shape index (κ2) is 4.27. The number of anilines is 1. The molecule has 1 saturated heterocycles. The van der Waals surface area contributed by atoms with E-state index in [1.54, 1.807) is 0 Å². The molecule has 1 aliphatic rings. The average molecular weight is 239 g/mol. The number of halogens is 1. The fourth-order valence-corrected chi connectivity index (χ4v) is 2.54. The molecule has 1 fully saturated rings. The number of rotatable bonds is 1. The van der Waals surface area contributed by atoms with E-state index in [0.29, 0.717) is 0 Å². The van der Waals surface area contributed by atoms with Crippen molar-refractivity contribution in [1.29, 1.82) is 0 Å². The van der Waals surface area contributed by atoms with Gasteiger partial charge in [0.05, 0.1) is 10.7 Å². The molecule has 1 heterocycles. The Kier molecular flexibility index (Phi) is 3.13. The van der Waals surface area contributed by atoms with Gasteiger partial charge in [0.2, 0.25) is 0 Å². The van der Waals surface area contributed by atoms with E-state index >= 15 is 0 Å². The molecule has 0 bridgehead atoms. The summed E-state index contributed by atoms with van der Waals surface area (Å²) in [6, 6.07) is 8.30. The molecule has 1 aliphatic heterocycles. The van der Waals surface area contributed by atoms with Gasteiger partial charge in [0.25, 0.3) is 0 Å². The summed E-state index contributed by atoms with van der Waals surface area (Å²) in [5.74, 6) is 0. The third-order valence-electron chi connectivity index (χ3n) is 3.51. The summed E-state index contributed by atoms with van der Waals surface area (Å²) in [5.41, 5.74) is 7.41. The van der Waals surface area contributed by atoms with Crippen LogP contribution in [0.1, 0.15) is 20.3 Å². The van der Waals surface area contributed by atoms with Gasteiger partial charge in [-0.05, 0) is 24.0 Å². The van der Waals surface area contributed by atoms with Crippen molar-refractivity contribution < 1.29 is 0 Å². The molecule has 0 aromatic heterocycles. The van der Waals surface area contributed by atoms with Crippen LogP contribution in [0.3, 0.4) is 0 Å². The first kappa shape index (κ1) is 11.7. The fourth-order valence-electron chi connectivity index (χ4n) is 2.29. The normalized spacial score (nSPS) is 24.5. The lowest BCUT2D eigenvalue weighted by atomic mass is 9.79. The number of benzene rings is 1. The predicted octanol–water partition coefficient (Wildman–Crippen LogP) is 2.90. The van der Waals surface area contributed by atoms with Crippen LogP contribution in [-0.2, 0) is 0 Å². The zero-order valence-electron chi connectivity index (χ0n) is 9.91. The molecule has 16 heavy (non-hydrogen) atoms. The van der Waals surface area contributed by atoms with Crippen molar-refractivity contribution in [2.45, 2.75) is 26.3 Å². The maximum Gasteiger partial charge on any atom is 0.0639 e. The first-order valence-electron chi connectivity index (χ1n) is 5.76. The van der Waals surface area contributed by atoms with Crippen LogP contribution in [0.4, 0.5) is 5.69 Å². The Labute approximate surface area is 102 Å². The number of piperidine rings is 1. The summed E-state index contributed by atoms with van der Waals surface area (Å²) in [6.45, 7) is 6.41. The molecule has 2 rings (SSSR count). The lowest BCUT2D eigenvalue weighted by molar-refractivity contribution is 0.245. The molecule has 0 amide bonds. The minimum absolute atomic E-state index is 0.150. The number of para-hydroxylation sites is 1. The van der Waals surface area contributed by atoms with Crippen LogP contribution in [0.25, 0.3) is 0 Å². The molecule has 1 aromatic rings. The van der Waals surface area contributed by atoms with E-state index in [0.717, 1.165) is 30.2 Å². The van der Waals surface area contributed by atoms with Crippen LogP contribution in [0.5, 0.6) is 0 Å². The number of hydrogen-bond donors (Lipinski definition) is 1. The zero-order chi connectivity index (χ0) is 11.8. The second-order valence-electron chi connectivity index (χ2n) is 5.26. The minimum atomic E-state index is 0.150. The van der Waals surface area contributed by atoms with Crippen molar-refractivity contribution in [3.8, 4) is 0 Å². The van der Waals surface area contributed by atoms with Gasteiger partial charge in [0.1, 0.15) is 0 Å². The fraction of sp³-hybridized carbons (Fsp3) is 0.538. The Morgan fingerprint density at radius 2 is 2.06 bits per heavy atom. The van der Waals surface area contributed by atoms with E-state index in [1.807, 2.05) is 18.2 Å². The molecule has 2 N–H and O–H groups in total. The molecule has 88 valence electrons. The van der Waals surface area contributed by atoms with Crippen LogP contribution in [-0.4, -0.2) is 19.1 Å². The van der Waals surface area contributed by atoms with Gasteiger partial charge in [-0.3, -0.25) is 0 Å². The predicted molar refractivity (Wildman–Crippen MR) is 70.0 cm³/mol. The largest absolute Gasteiger partial charge is 0.370 e. The quantitative estimate of drug-likeness (QED) is 0.815. The average Bonchev–Trinajstić information content (AvgIpc) is 2.23. The Morgan fingerprint density at radius 3 is 2.69 bits per heavy atom. The van der Waals surface area contributed by atoms with E-state index in [-0.39, 0.29) is 11.5 Å². The van der Waals surface area contributed by atoms with Gasteiger partial charge in [-0.25, -0.2) is 0 Å². The third-order valence-corrected chi connectivity index (χ3v) is 3.82. The summed E-state index contributed by atoms with van der Waals surface area (Å²) >= 11 is 6.21. The molecule has 1 unspecified atom stereocenters. The van der Waals surface area contributed by atoms with Crippen molar-refractivity contribution in [3.63, 3.8) is 0 Å². The molecule has 0 spiro atoms. The highest BCUT2D eigenvalue weighted by molar-refractivity contribution is 6.33. The van der Waals surface area contributed by atoms with Gasteiger partial charge in [0, 0.05) is 19.1 Å². The summed E-state index contributed by atoms with van der Waals surface area (Å²) in [6.07, 6.45) is 1.03. The van der Waals surface area contributed by atoms with Crippen LogP contribution in [0.2, 0.25) is 5.02 Å². The Hall–Kier alpha value is -0.730. The molecule has 0 aliphatic carbocycles. The first-order chi connectivity index (χ1) is 7.50. The van der Waals surface area contributed by atoms with Gasteiger partial charge in [-0.1, -0.05) is 37.6 Å². The van der Waals surface area contributed by atoms with E-state index in [2.05, 4.69) is 24.8 Å². The molecule has 2 nitrogen and oxygen atoms in total. The Morgan fingerprint density at radius 1 is 1.38 bits per heavy atom. The topological polar surface area (TPSA) is 29.3 Å². The summed E-state index contributed by atoms with van der Waals surface area (Å²) < 4.78 is 0. The molecule has 3 heteroatoms. The zero-order valence-corrected chi connectivity index (χ0v) is 10.7. The Balaban J connectivity index is 2.21. The van der Waals surface area contributed by atoms with Crippen molar-refractivity contribution in [3.05, 3.63) is 29.3 Å². The van der Waals surface area contributed by atoms with Crippen molar-refractivity contribution in [2.75, 3.05) is 18.0 Å². The highest BCUT2D eigenvalue weighted by atomic mass is 35.5. The van der Waals surface area contributed by atoms with Crippen molar-refractivity contribution in [2.24, 2.45) is 11.1 Å². The van der Waals surface area contributed by atoms with E-state index in [4.69, 9.17) is 17.3 Å². The van der Waals surface area contributed by atoms with Gasteiger partial charge in [-0.15, -0.1) is 0 Å². The van der Waals surface area contributed by atoms with Crippen LogP contribution in [0, 0.1) is 5.41 Å². The standard InChI is InChI=1S/C13H19ClN2/c1-13(2)9-16(8-7-12(13)15)11-6-4-3-5-10(11)14/h3-6,12H,7-9,15H2,1-2H3. The molecule has 0 saturated carbocycles. The lowest BCUT2D eigenvalue weighted by Gasteiger charge is -2.43. The number of hydrogen-bond acceptors (Lipinski definition) is 2. The smallest absolute Gasteiger partial charge is 0.0639 e. The van der Waals surface area contributed by atoms with Crippen LogP contribution >= 0.6 is 11.6 Å². The maximum absolute atomic E-state index is 6.21. The van der Waals surface area contributed by atoms with Gasteiger partial charge >= 0.3 is 0 Å². The molecular formula is C13H19ClN2. The highest BCUT2D eigenvalue weighted by Crippen LogP contribution is 2.33. The minimum Gasteiger partial charge on any atom is -0.370 e. The van der Waals surface area contributed by atoms with Crippen LogP contribution in [0.15, 0.2) is 24.3 Å². The molecule has 0 radical (unpaired) electrons. The van der Waals surface area contributed by atoms with E-state index < -0.39 is 0 Å². The SMILES string of the molecule is CC1(C)CN(c2ccccc2Cl)CCC1N. The monoisotopic (exact) mass is 238 g/mol. The van der Waals surface area contributed by atoms with E-state index in [9.17, 15) is 0 Å². The molecule has 1 aromatic carbocycles. The van der Waals surface area contributed by atoms with Crippen molar-refractivity contribution >= 4 is 17.3 Å². The first-order valence-corrected chi connectivity index (χ1v) is 6.13. The van der Waals surface area contributed by atoms with E-state index in [1.165, 1.54) is 0 Å². The maximum atomic E-state index is 6.21. The Bertz CT molecular complexity index is 376. The van der Waals surface area contributed by atoms with Gasteiger partial charge in [0.15, 0.2) is 0 Å². The highest BCUT2D eigenvalue weighted by Gasteiger charge is 2.33. The van der Waals surface area contributed by atoms with Crippen LogP contribution < -0.4 is 10.6 Å². The summed E-state index contributed by atoms with van der Waals surface area (Å²) in [4.78, 5) is 2.34. The third kappa shape index (κ3) is 2.18. The summed E-state index contributed by atoms with van der Waals surface area (Å²) in [7, 11) is 0. The molecular weight excluding hydrogens is 220 g/mol. The number of nitrogens with zero attached hydrogens (tertiary/aromatic N) is 1. The number of nitrogens with two attached hydrogens (primary N) is 1. The molecule has 1 atom stereocenters. The second-order valence-corrected chi connectivity index (χ2v) is 5.66. The van der Waals surface area contributed by atoms with Gasteiger partial charge in [-0.2, -0.15) is 0 Å². The van der Waals surface area contributed by atoms with Crippen molar-refractivity contribution in [1.82, 2.24) is 0 Å². The lowest BCUT2D eigenvalue weighted by Crippen LogP contribution is -2.52.